The third-order valence-corrected chi connectivity index (χ3v) is 6.35. The van der Waals surface area contributed by atoms with E-state index in [0.29, 0.717) is 6.42 Å². The second-order valence-electron chi connectivity index (χ2n) is 10.3. The van der Waals surface area contributed by atoms with E-state index < -0.39 is 17.7 Å². The van der Waals surface area contributed by atoms with Gasteiger partial charge in [-0.25, -0.2) is 13.9 Å². The first-order valence-electron chi connectivity index (χ1n) is 12.3. The van der Waals surface area contributed by atoms with Crippen molar-refractivity contribution in [2.75, 3.05) is 4.90 Å². The molecule has 0 unspecified atom stereocenters. The van der Waals surface area contributed by atoms with Crippen LogP contribution in [0.3, 0.4) is 0 Å². The fraction of sp³-hybridized carbons (Fsp3) is 0.276. The highest BCUT2D eigenvalue weighted by atomic mass is 19.1. The van der Waals surface area contributed by atoms with Gasteiger partial charge in [0, 0.05) is 17.5 Å². The molecule has 1 N–H and O–H groups in total. The van der Waals surface area contributed by atoms with E-state index in [0.717, 1.165) is 27.8 Å². The van der Waals surface area contributed by atoms with E-state index in [1.807, 2.05) is 69.3 Å². The molecule has 0 bridgehead atoms. The third kappa shape index (κ3) is 5.33. The highest BCUT2D eigenvalue weighted by Crippen LogP contribution is 2.32. The van der Waals surface area contributed by atoms with Crippen molar-refractivity contribution >= 4 is 28.6 Å². The fourth-order valence-corrected chi connectivity index (χ4v) is 4.78. The van der Waals surface area contributed by atoms with Gasteiger partial charge in [0.25, 0.3) is 0 Å². The predicted octanol–water partition coefficient (Wildman–Crippen LogP) is 5.41. The summed E-state index contributed by atoms with van der Waals surface area (Å²) in [6, 6.07) is 21.0. The van der Waals surface area contributed by atoms with Gasteiger partial charge >= 0.3 is 6.09 Å². The summed E-state index contributed by atoms with van der Waals surface area (Å²) in [6.07, 6.45) is 1.93. The minimum absolute atomic E-state index is 0.0766. The highest BCUT2D eigenvalue weighted by molar-refractivity contribution is 5.99. The maximum Gasteiger partial charge on any atom is 0.407 e. The van der Waals surface area contributed by atoms with Crippen LogP contribution in [-0.2, 0) is 16.0 Å². The summed E-state index contributed by atoms with van der Waals surface area (Å²) < 4.78 is 20.6. The summed E-state index contributed by atoms with van der Waals surface area (Å²) in [4.78, 5) is 27.7. The summed E-state index contributed by atoms with van der Waals surface area (Å²) in [5, 5.41) is 8.25. The molecule has 1 aromatic heterocycles. The third-order valence-electron chi connectivity index (χ3n) is 6.35. The topological polar surface area (TPSA) is 76.5 Å². The molecule has 4 aromatic rings. The van der Waals surface area contributed by atoms with E-state index in [9.17, 15) is 14.0 Å². The number of carbonyl (C=O) groups excluding carboxylic acids is 2. The van der Waals surface area contributed by atoms with E-state index in [1.165, 1.54) is 12.1 Å². The van der Waals surface area contributed by atoms with Crippen molar-refractivity contribution in [2.45, 2.75) is 51.3 Å². The zero-order valence-electron chi connectivity index (χ0n) is 21.0. The molecule has 1 aliphatic heterocycles. The van der Waals surface area contributed by atoms with Gasteiger partial charge in [-0.1, -0.05) is 30.3 Å². The Kier molecular flexibility index (Phi) is 6.41. The van der Waals surface area contributed by atoms with Crippen LogP contribution in [0.15, 0.2) is 79.0 Å². The van der Waals surface area contributed by atoms with Crippen molar-refractivity contribution in [3.05, 3.63) is 90.4 Å². The second-order valence-corrected chi connectivity index (χ2v) is 10.3. The SMILES string of the molecule is CC(C)(C)OC(=O)N[C@H]1CC(=O)N(c2ccc3c(cnn3-c3ccc(F)cc3)c2)[C@@H]1Cc1ccccc1. The fourth-order valence-electron chi connectivity index (χ4n) is 4.78. The maximum atomic E-state index is 13.4. The molecule has 0 aliphatic carbocycles. The normalized spacial score (nSPS) is 17.8. The zero-order valence-corrected chi connectivity index (χ0v) is 21.0. The summed E-state index contributed by atoms with van der Waals surface area (Å²) in [6.45, 7) is 5.42. The van der Waals surface area contributed by atoms with Crippen LogP contribution >= 0.6 is 0 Å². The Morgan fingerprint density at radius 1 is 1.05 bits per heavy atom. The maximum absolute atomic E-state index is 13.4. The van der Waals surface area contributed by atoms with Gasteiger partial charge in [0.1, 0.15) is 11.4 Å². The lowest BCUT2D eigenvalue weighted by molar-refractivity contribution is -0.117. The van der Waals surface area contributed by atoms with Gasteiger partial charge in [0.2, 0.25) is 5.91 Å². The molecule has 2 atom stereocenters. The van der Waals surface area contributed by atoms with Crippen LogP contribution in [-0.4, -0.2) is 39.5 Å². The standard InChI is InChI=1S/C29H29FN4O3/c1-29(2,3)37-28(36)32-24-17-27(35)33(26(24)15-19-7-5-4-6-8-19)23-13-14-25-20(16-23)18-31-34(25)22-11-9-21(30)10-12-22/h4-14,16,18,24,26H,15,17H2,1-3H3,(H,32,36)/t24-,26+/m0/s1. The smallest absolute Gasteiger partial charge is 0.407 e. The number of carbonyl (C=O) groups is 2. The largest absolute Gasteiger partial charge is 0.444 e. The van der Waals surface area contributed by atoms with Crippen molar-refractivity contribution in [3.8, 4) is 5.69 Å². The lowest BCUT2D eigenvalue weighted by Gasteiger charge is -2.29. The Bertz CT molecular complexity index is 1430. The molecule has 5 rings (SSSR count). The van der Waals surface area contributed by atoms with Gasteiger partial charge in [-0.3, -0.25) is 4.79 Å². The van der Waals surface area contributed by atoms with Gasteiger partial charge in [0.05, 0.1) is 29.5 Å². The highest BCUT2D eigenvalue weighted by Gasteiger charge is 2.42. The number of benzene rings is 3. The van der Waals surface area contributed by atoms with Crippen molar-refractivity contribution in [3.63, 3.8) is 0 Å². The van der Waals surface area contributed by atoms with Crippen LogP contribution in [0.25, 0.3) is 16.6 Å². The molecule has 37 heavy (non-hydrogen) atoms. The van der Waals surface area contributed by atoms with E-state index in [-0.39, 0.29) is 24.2 Å². The Balaban J connectivity index is 1.47. The lowest BCUT2D eigenvalue weighted by Crippen LogP contribution is -2.48. The minimum Gasteiger partial charge on any atom is -0.444 e. The molecule has 8 heteroatoms. The molecule has 2 amide bonds. The molecule has 1 saturated heterocycles. The first-order chi connectivity index (χ1) is 17.7. The first-order valence-corrected chi connectivity index (χ1v) is 12.3. The van der Waals surface area contributed by atoms with E-state index in [4.69, 9.17) is 4.74 Å². The Labute approximate surface area is 214 Å². The van der Waals surface area contributed by atoms with Crippen LogP contribution in [0.4, 0.5) is 14.9 Å². The zero-order chi connectivity index (χ0) is 26.2. The molecule has 3 aromatic carbocycles. The van der Waals surface area contributed by atoms with Gasteiger partial charge in [-0.15, -0.1) is 0 Å². The number of halogens is 1. The number of aromatic nitrogens is 2. The Morgan fingerprint density at radius 2 is 1.76 bits per heavy atom. The average molecular weight is 501 g/mol. The molecular formula is C29H29FN4O3. The predicted molar refractivity (Wildman–Crippen MR) is 140 cm³/mol. The monoisotopic (exact) mass is 500 g/mol. The lowest BCUT2D eigenvalue weighted by atomic mass is 9.99. The molecule has 190 valence electrons. The summed E-state index contributed by atoms with van der Waals surface area (Å²) in [5.74, 6) is -0.388. The second kappa shape index (κ2) is 9.69. The molecule has 7 nitrogen and oxygen atoms in total. The first kappa shape index (κ1) is 24.5. The quantitative estimate of drug-likeness (QED) is 0.398. The molecular weight excluding hydrogens is 471 g/mol. The number of fused-ring (bicyclic) bond motifs is 1. The summed E-state index contributed by atoms with van der Waals surface area (Å²) in [5.41, 5.74) is 2.73. The van der Waals surface area contributed by atoms with E-state index in [1.54, 1.807) is 27.9 Å². The van der Waals surface area contributed by atoms with Gasteiger partial charge < -0.3 is 15.0 Å². The number of nitrogens with one attached hydrogen (secondary N) is 1. The molecule has 2 heterocycles. The van der Waals surface area contributed by atoms with Gasteiger partial charge in [-0.2, -0.15) is 5.10 Å². The van der Waals surface area contributed by atoms with Crippen molar-refractivity contribution < 1.29 is 18.7 Å². The minimum atomic E-state index is -0.642. The molecule has 0 spiro atoms. The Morgan fingerprint density at radius 3 is 2.46 bits per heavy atom. The van der Waals surface area contributed by atoms with Crippen LogP contribution < -0.4 is 10.2 Å². The van der Waals surface area contributed by atoms with Gasteiger partial charge in [-0.05, 0) is 75.2 Å². The number of hydrogen-bond donors (Lipinski definition) is 1. The molecule has 1 fully saturated rings. The van der Waals surface area contributed by atoms with Crippen LogP contribution in [0.5, 0.6) is 0 Å². The van der Waals surface area contributed by atoms with Gasteiger partial charge in [0.15, 0.2) is 0 Å². The average Bonchev–Trinajstić information content (AvgIpc) is 3.39. The van der Waals surface area contributed by atoms with Crippen LogP contribution in [0.2, 0.25) is 0 Å². The number of alkyl carbamates (subject to hydrolysis) is 1. The van der Waals surface area contributed by atoms with E-state index >= 15 is 0 Å². The molecule has 0 saturated carbocycles. The number of rotatable bonds is 5. The summed E-state index contributed by atoms with van der Waals surface area (Å²) in [7, 11) is 0. The van der Waals surface area contributed by atoms with Crippen LogP contribution in [0.1, 0.15) is 32.8 Å². The number of ether oxygens (including phenoxy) is 1. The number of anilines is 1. The number of hydrogen-bond acceptors (Lipinski definition) is 4. The molecule has 1 aliphatic rings. The van der Waals surface area contributed by atoms with E-state index in [2.05, 4.69) is 10.4 Å². The molecule has 0 radical (unpaired) electrons. The van der Waals surface area contributed by atoms with Crippen molar-refractivity contribution in [1.29, 1.82) is 0 Å². The van der Waals surface area contributed by atoms with Crippen molar-refractivity contribution in [2.24, 2.45) is 0 Å². The number of nitrogens with zero attached hydrogens (tertiary/aromatic N) is 3. The summed E-state index contributed by atoms with van der Waals surface area (Å²) >= 11 is 0. The van der Waals surface area contributed by atoms with Crippen LogP contribution in [0, 0.1) is 5.82 Å². The van der Waals surface area contributed by atoms with Crippen molar-refractivity contribution in [1.82, 2.24) is 15.1 Å². The Hall–Kier alpha value is -4.20. The number of amides is 2.